The molecule has 0 saturated carbocycles. The highest BCUT2D eigenvalue weighted by atomic mass is 16.5. The predicted octanol–water partition coefficient (Wildman–Crippen LogP) is 2.34. The molecule has 0 saturated heterocycles. The highest BCUT2D eigenvalue weighted by Crippen LogP contribution is 2.22. The number of hydrogen-bond acceptors (Lipinski definition) is 4. The van der Waals surface area contributed by atoms with Gasteiger partial charge in [0.15, 0.2) is 0 Å². The summed E-state index contributed by atoms with van der Waals surface area (Å²) >= 11 is 0. The summed E-state index contributed by atoms with van der Waals surface area (Å²) in [4.78, 5) is 2.33. The van der Waals surface area contributed by atoms with Gasteiger partial charge < -0.3 is 19.5 Å². The third-order valence-corrected chi connectivity index (χ3v) is 3.66. The van der Waals surface area contributed by atoms with Crippen LogP contribution in [-0.4, -0.2) is 57.1 Å². The van der Waals surface area contributed by atoms with E-state index in [1.807, 2.05) is 30.3 Å². The molecule has 21 heavy (non-hydrogen) atoms. The number of benzene rings is 1. The van der Waals surface area contributed by atoms with Gasteiger partial charge in [0, 0.05) is 40.5 Å². The smallest absolute Gasteiger partial charge is 0.0827 e. The van der Waals surface area contributed by atoms with Crippen LogP contribution in [0.4, 0.5) is 0 Å². The molecule has 0 amide bonds. The summed E-state index contributed by atoms with van der Waals surface area (Å²) in [6.45, 7) is 6.26. The van der Waals surface area contributed by atoms with Crippen LogP contribution in [0.3, 0.4) is 0 Å². The van der Waals surface area contributed by atoms with E-state index in [0.29, 0.717) is 6.61 Å². The van der Waals surface area contributed by atoms with Crippen LogP contribution >= 0.6 is 0 Å². The molecule has 0 radical (unpaired) electrons. The van der Waals surface area contributed by atoms with E-state index in [1.54, 1.807) is 14.2 Å². The minimum absolute atomic E-state index is 0.173. The number of ether oxygens (including phenoxy) is 2. The van der Waals surface area contributed by atoms with Crippen molar-refractivity contribution in [3.05, 3.63) is 35.9 Å². The van der Waals surface area contributed by atoms with Gasteiger partial charge in [-0.05, 0) is 17.9 Å². The fraction of sp³-hybridized carbons (Fsp3) is 0.647. The maximum absolute atomic E-state index is 10.5. The van der Waals surface area contributed by atoms with E-state index in [0.717, 1.165) is 38.2 Å². The summed E-state index contributed by atoms with van der Waals surface area (Å²) in [7, 11) is 3.44. The van der Waals surface area contributed by atoms with Gasteiger partial charge in [0.2, 0.25) is 0 Å². The Balaban J connectivity index is 2.51. The van der Waals surface area contributed by atoms with E-state index in [4.69, 9.17) is 9.47 Å². The van der Waals surface area contributed by atoms with Crippen LogP contribution in [-0.2, 0) is 9.47 Å². The summed E-state index contributed by atoms with van der Waals surface area (Å²) in [5, 5.41) is 10.5. The largest absolute Gasteiger partial charge is 0.388 e. The summed E-state index contributed by atoms with van der Waals surface area (Å²) < 4.78 is 10.3. The molecule has 2 unspecified atom stereocenters. The van der Waals surface area contributed by atoms with E-state index < -0.39 is 6.10 Å². The fourth-order valence-electron chi connectivity index (χ4n) is 2.43. The van der Waals surface area contributed by atoms with Crippen molar-refractivity contribution >= 4 is 0 Å². The lowest BCUT2D eigenvalue weighted by Crippen LogP contribution is -2.34. The Morgan fingerprint density at radius 3 is 2.33 bits per heavy atom. The van der Waals surface area contributed by atoms with E-state index in [9.17, 15) is 5.11 Å². The molecule has 0 fully saturated rings. The molecule has 120 valence electrons. The highest BCUT2D eigenvalue weighted by molar-refractivity contribution is 5.17. The first-order chi connectivity index (χ1) is 10.2. The average Bonchev–Trinajstić information content (AvgIpc) is 2.52. The zero-order valence-electron chi connectivity index (χ0n) is 13.5. The van der Waals surface area contributed by atoms with E-state index in [1.165, 1.54) is 0 Å². The summed E-state index contributed by atoms with van der Waals surface area (Å²) in [5.41, 5.74) is 0.980. The molecule has 1 rings (SSSR count). The molecule has 0 aromatic heterocycles. The van der Waals surface area contributed by atoms with Gasteiger partial charge in [0.05, 0.1) is 12.7 Å². The van der Waals surface area contributed by atoms with Crippen molar-refractivity contribution in [3.63, 3.8) is 0 Å². The summed E-state index contributed by atoms with van der Waals surface area (Å²) in [5.74, 6) is 0.173. The van der Waals surface area contributed by atoms with Gasteiger partial charge in [-0.15, -0.1) is 0 Å². The molecule has 0 heterocycles. The van der Waals surface area contributed by atoms with E-state index in [2.05, 4.69) is 11.8 Å². The van der Waals surface area contributed by atoms with Crippen LogP contribution in [0.5, 0.6) is 0 Å². The minimum Gasteiger partial charge on any atom is -0.388 e. The van der Waals surface area contributed by atoms with Gasteiger partial charge in [-0.2, -0.15) is 0 Å². The minimum atomic E-state index is -0.432. The molecule has 0 spiro atoms. The van der Waals surface area contributed by atoms with Gasteiger partial charge in [0.25, 0.3) is 0 Å². The Labute approximate surface area is 128 Å². The van der Waals surface area contributed by atoms with Crippen molar-refractivity contribution < 1.29 is 14.6 Å². The van der Waals surface area contributed by atoms with Gasteiger partial charge >= 0.3 is 0 Å². The maximum Gasteiger partial charge on any atom is 0.0827 e. The average molecular weight is 295 g/mol. The standard InChI is InChI=1S/C17H29NO3/c1-15(17(19)16-8-5-4-6-9-16)14-18(11-13-21-3)10-7-12-20-2/h4-6,8-9,15,17,19H,7,10-14H2,1-3H3. The second kappa shape index (κ2) is 10.7. The molecular formula is C17H29NO3. The molecule has 0 aliphatic heterocycles. The number of rotatable bonds is 11. The van der Waals surface area contributed by atoms with Crippen molar-refractivity contribution in [2.75, 3.05) is 47.1 Å². The molecule has 1 aromatic rings. The van der Waals surface area contributed by atoms with Crippen molar-refractivity contribution in [2.45, 2.75) is 19.4 Å². The van der Waals surface area contributed by atoms with Gasteiger partial charge in [-0.25, -0.2) is 0 Å². The lowest BCUT2D eigenvalue weighted by atomic mass is 9.97. The molecule has 1 aromatic carbocycles. The first-order valence-corrected chi connectivity index (χ1v) is 7.62. The van der Waals surface area contributed by atoms with Crippen LogP contribution in [0.25, 0.3) is 0 Å². The lowest BCUT2D eigenvalue weighted by molar-refractivity contribution is 0.0716. The molecule has 0 aliphatic carbocycles. The molecule has 4 nitrogen and oxygen atoms in total. The molecule has 1 N–H and O–H groups in total. The first kappa shape index (κ1) is 18.1. The quantitative estimate of drug-likeness (QED) is 0.636. The molecule has 2 atom stereocenters. The molecular weight excluding hydrogens is 266 g/mol. The number of aliphatic hydroxyl groups excluding tert-OH is 1. The Morgan fingerprint density at radius 2 is 1.71 bits per heavy atom. The SMILES string of the molecule is COCCCN(CCOC)CC(C)C(O)c1ccccc1. The molecule has 4 heteroatoms. The number of aliphatic hydroxyl groups is 1. The Bertz CT molecular complexity index is 358. The zero-order valence-corrected chi connectivity index (χ0v) is 13.5. The first-order valence-electron chi connectivity index (χ1n) is 7.62. The number of methoxy groups -OCH3 is 2. The van der Waals surface area contributed by atoms with Crippen LogP contribution in [0.2, 0.25) is 0 Å². The van der Waals surface area contributed by atoms with E-state index >= 15 is 0 Å². The van der Waals surface area contributed by atoms with Gasteiger partial charge in [-0.1, -0.05) is 37.3 Å². The lowest BCUT2D eigenvalue weighted by Gasteiger charge is -2.28. The van der Waals surface area contributed by atoms with Gasteiger partial charge in [-0.3, -0.25) is 0 Å². The second-order valence-electron chi connectivity index (χ2n) is 5.47. The second-order valence-corrected chi connectivity index (χ2v) is 5.47. The normalized spacial score (nSPS) is 14.3. The molecule has 0 aliphatic rings. The Kier molecular flexibility index (Phi) is 9.26. The fourth-order valence-corrected chi connectivity index (χ4v) is 2.43. The van der Waals surface area contributed by atoms with Crippen molar-refractivity contribution in [1.29, 1.82) is 0 Å². The van der Waals surface area contributed by atoms with E-state index in [-0.39, 0.29) is 5.92 Å². The molecule has 0 bridgehead atoms. The maximum atomic E-state index is 10.5. The van der Waals surface area contributed by atoms with Crippen molar-refractivity contribution in [3.8, 4) is 0 Å². The van der Waals surface area contributed by atoms with Crippen LogP contribution in [0, 0.1) is 5.92 Å². The predicted molar refractivity (Wildman–Crippen MR) is 85.4 cm³/mol. The van der Waals surface area contributed by atoms with Crippen LogP contribution in [0.15, 0.2) is 30.3 Å². The summed E-state index contributed by atoms with van der Waals surface area (Å²) in [6.07, 6.45) is 0.563. The third-order valence-electron chi connectivity index (χ3n) is 3.66. The van der Waals surface area contributed by atoms with Gasteiger partial charge in [0.1, 0.15) is 0 Å². The third kappa shape index (κ3) is 7.05. The number of hydrogen-bond donors (Lipinski definition) is 1. The summed E-state index contributed by atoms with van der Waals surface area (Å²) in [6, 6.07) is 9.85. The topological polar surface area (TPSA) is 41.9 Å². The van der Waals surface area contributed by atoms with Crippen molar-refractivity contribution in [1.82, 2.24) is 4.90 Å². The van der Waals surface area contributed by atoms with Crippen LogP contribution in [0.1, 0.15) is 25.0 Å². The van der Waals surface area contributed by atoms with Crippen LogP contribution < -0.4 is 0 Å². The Hall–Kier alpha value is -0.940. The number of nitrogens with zero attached hydrogens (tertiary/aromatic N) is 1. The monoisotopic (exact) mass is 295 g/mol. The Morgan fingerprint density at radius 1 is 1.05 bits per heavy atom. The van der Waals surface area contributed by atoms with Crippen molar-refractivity contribution in [2.24, 2.45) is 5.92 Å². The highest BCUT2D eigenvalue weighted by Gasteiger charge is 2.19. The zero-order chi connectivity index (χ0) is 15.5.